The van der Waals surface area contributed by atoms with Gasteiger partial charge in [-0.3, -0.25) is 0 Å². The molecule has 0 N–H and O–H groups in total. The zero-order valence-electron chi connectivity index (χ0n) is 11.6. The molecule has 0 aromatic heterocycles. The maximum absolute atomic E-state index is 12.8. The van der Waals surface area contributed by atoms with Crippen molar-refractivity contribution in [3.05, 3.63) is 71.8 Å². The van der Waals surface area contributed by atoms with Gasteiger partial charge in [0.25, 0.3) is 0 Å². The van der Waals surface area contributed by atoms with E-state index in [1.807, 2.05) is 12.1 Å². The number of hydrogen-bond acceptors (Lipinski definition) is 2. The third kappa shape index (κ3) is 3.30. The molecule has 114 valence electrons. The maximum atomic E-state index is 12.8. The molecule has 2 aromatic carbocycles. The average molecular weight is 305 g/mol. The molecule has 1 heterocycles. The van der Waals surface area contributed by atoms with E-state index >= 15 is 0 Å². The molecule has 0 fully saturated rings. The molecular formula is C17H14F3NO. The predicted octanol–water partition coefficient (Wildman–Crippen LogP) is 4.53. The lowest BCUT2D eigenvalue weighted by Crippen LogP contribution is -2.25. The first-order chi connectivity index (χ1) is 10.5. The Kier molecular flexibility index (Phi) is 3.88. The van der Waals surface area contributed by atoms with Crippen molar-refractivity contribution >= 4 is 5.90 Å². The second-order valence-electron chi connectivity index (χ2n) is 5.13. The van der Waals surface area contributed by atoms with E-state index in [-0.39, 0.29) is 5.90 Å². The van der Waals surface area contributed by atoms with E-state index in [0.717, 1.165) is 5.56 Å². The molecule has 0 saturated carbocycles. The van der Waals surface area contributed by atoms with Gasteiger partial charge in [0.1, 0.15) is 12.1 Å². The van der Waals surface area contributed by atoms with Crippen LogP contribution in [0.25, 0.3) is 0 Å². The van der Waals surface area contributed by atoms with Crippen molar-refractivity contribution in [2.45, 2.75) is 24.7 Å². The van der Waals surface area contributed by atoms with Gasteiger partial charge in [0.15, 0.2) is 0 Å². The van der Waals surface area contributed by atoms with Gasteiger partial charge in [0, 0.05) is 5.56 Å². The van der Waals surface area contributed by atoms with Crippen LogP contribution < -0.4 is 0 Å². The number of aliphatic imine (C=N–C) groups is 1. The van der Waals surface area contributed by atoms with E-state index in [4.69, 9.17) is 4.74 Å². The van der Waals surface area contributed by atoms with Crippen LogP contribution in [0, 0.1) is 0 Å². The third-order valence-electron chi connectivity index (χ3n) is 3.47. The van der Waals surface area contributed by atoms with Gasteiger partial charge in [-0.2, -0.15) is 13.2 Å². The Balaban J connectivity index is 1.92. The fourth-order valence-electron chi connectivity index (χ4n) is 2.49. The molecule has 1 aliphatic heterocycles. The summed E-state index contributed by atoms with van der Waals surface area (Å²) in [7, 11) is 0. The first-order valence-corrected chi connectivity index (χ1v) is 6.94. The summed E-state index contributed by atoms with van der Waals surface area (Å²) in [6, 6.07) is 17.3. The highest BCUT2D eigenvalue weighted by atomic mass is 19.4. The standard InChI is InChI=1S/C17H14F3NO/c18-17(19,20)11-14-15(12-7-3-1-4-8-12)21-16(22-14)13-9-5-2-6-10-13/h1-10,14-15H,11H2. The number of nitrogens with zero attached hydrogens (tertiary/aromatic N) is 1. The van der Waals surface area contributed by atoms with E-state index in [0.29, 0.717) is 5.56 Å². The van der Waals surface area contributed by atoms with Gasteiger partial charge in [-0.05, 0) is 17.7 Å². The van der Waals surface area contributed by atoms with Gasteiger partial charge in [-0.25, -0.2) is 4.99 Å². The molecule has 0 spiro atoms. The minimum atomic E-state index is -4.29. The fraction of sp³-hybridized carbons (Fsp3) is 0.235. The molecule has 22 heavy (non-hydrogen) atoms. The van der Waals surface area contributed by atoms with Gasteiger partial charge in [-0.1, -0.05) is 48.5 Å². The van der Waals surface area contributed by atoms with Gasteiger partial charge in [0.05, 0.1) is 6.42 Å². The summed E-state index contributed by atoms with van der Waals surface area (Å²) in [5.41, 5.74) is 1.41. The zero-order chi connectivity index (χ0) is 15.6. The third-order valence-corrected chi connectivity index (χ3v) is 3.47. The van der Waals surface area contributed by atoms with Crippen LogP contribution in [0.4, 0.5) is 13.2 Å². The monoisotopic (exact) mass is 305 g/mol. The SMILES string of the molecule is FC(F)(F)CC1OC(c2ccccc2)=NC1c1ccccc1. The Hall–Kier alpha value is -2.30. The number of alkyl halides is 3. The number of benzene rings is 2. The fourth-order valence-corrected chi connectivity index (χ4v) is 2.49. The molecule has 2 atom stereocenters. The summed E-state index contributed by atoms with van der Waals surface area (Å²) in [5.74, 6) is 0.267. The molecule has 2 unspecified atom stereocenters. The van der Waals surface area contributed by atoms with E-state index in [9.17, 15) is 13.2 Å². The van der Waals surface area contributed by atoms with E-state index < -0.39 is 24.7 Å². The van der Waals surface area contributed by atoms with Crippen LogP contribution in [-0.4, -0.2) is 18.2 Å². The summed E-state index contributed by atoms with van der Waals surface area (Å²) in [5, 5.41) is 0. The average Bonchev–Trinajstić information content (AvgIpc) is 2.91. The van der Waals surface area contributed by atoms with Crippen LogP contribution >= 0.6 is 0 Å². The topological polar surface area (TPSA) is 21.6 Å². The Morgan fingerprint density at radius 1 is 0.909 bits per heavy atom. The Morgan fingerprint density at radius 3 is 2.09 bits per heavy atom. The lowest BCUT2D eigenvalue weighted by atomic mass is 10.0. The largest absolute Gasteiger partial charge is 0.471 e. The molecule has 0 bridgehead atoms. The normalized spacial score (nSPS) is 21.3. The summed E-state index contributed by atoms with van der Waals surface area (Å²) >= 11 is 0. The Bertz CT molecular complexity index is 653. The molecular weight excluding hydrogens is 291 g/mol. The molecule has 1 aliphatic rings. The molecule has 0 aliphatic carbocycles. The molecule has 0 amide bonds. The summed E-state index contributed by atoms with van der Waals surface area (Å²) in [6.07, 6.45) is -6.34. The van der Waals surface area contributed by atoms with Crippen LogP contribution in [0.3, 0.4) is 0 Å². The van der Waals surface area contributed by atoms with Crippen molar-refractivity contribution in [3.63, 3.8) is 0 Å². The van der Waals surface area contributed by atoms with Crippen molar-refractivity contribution in [2.75, 3.05) is 0 Å². The Labute approximate surface area is 126 Å². The number of rotatable bonds is 3. The van der Waals surface area contributed by atoms with Crippen molar-refractivity contribution in [3.8, 4) is 0 Å². The van der Waals surface area contributed by atoms with E-state index in [1.165, 1.54) is 0 Å². The molecule has 0 saturated heterocycles. The zero-order valence-corrected chi connectivity index (χ0v) is 11.6. The van der Waals surface area contributed by atoms with Gasteiger partial charge >= 0.3 is 6.18 Å². The summed E-state index contributed by atoms with van der Waals surface area (Å²) in [4.78, 5) is 4.39. The number of halogens is 3. The quantitative estimate of drug-likeness (QED) is 0.816. The van der Waals surface area contributed by atoms with Crippen LogP contribution in [0.15, 0.2) is 65.7 Å². The maximum Gasteiger partial charge on any atom is 0.392 e. The highest BCUT2D eigenvalue weighted by Crippen LogP contribution is 2.37. The summed E-state index contributed by atoms with van der Waals surface area (Å²) < 4.78 is 43.9. The predicted molar refractivity (Wildman–Crippen MR) is 77.7 cm³/mol. The van der Waals surface area contributed by atoms with Crippen molar-refractivity contribution < 1.29 is 17.9 Å². The number of ether oxygens (including phenoxy) is 1. The molecule has 2 aromatic rings. The van der Waals surface area contributed by atoms with E-state index in [1.54, 1.807) is 48.5 Å². The second-order valence-corrected chi connectivity index (χ2v) is 5.13. The minimum Gasteiger partial charge on any atom is -0.471 e. The highest BCUT2D eigenvalue weighted by molar-refractivity contribution is 5.95. The molecule has 3 rings (SSSR count). The molecule has 5 heteroatoms. The van der Waals surface area contributed by atoms with Crippen molar-refractivity contribution in [2.24, 2.45) is 4.99 Å². The van der Waals surface area contributed by atoms with Crippen LogP contribution in [0.1, 0.15) is 23.6 Å². The van der Waals surface area contributed by atoms with Crippen molar-refractivity contribution in [1.82, 2.24) is 0 Å². The first-order valence-electron chi connectivity index (χ1n) is 6.94. The van der Waals surface area contributed by atoms with Gasteiger partial charge in [0.2, 0.25) is 5.90 Å². The minimum absolute atomic E-state index is 0.267. The lowest BCUT2D eigenvalue weighted by molar-refractivity contribution is -0.151. The first kappa shape index (κ1) is 14.6. The smallest absolute Gasteiger partial charge is 0.392 e. The lowest BCUT2D eigenvalue weighted by Gasteiger charge is -2.19. The van der Waals surface area contributed by atoms with Crippen LogP contribution in [0.5, 0.6) is 0 Å². The van der Waals surface area contributed by atoms with E-state index in [2.05, 4.69) is 4.99 Å². The molecule has 0 radical (unpaired) electrons. The van der Waals surface area contributed by atoms with Gasteiger partial charge in [-0.15, -0.1) is 0 Å². The van der Waals surface area contributed by atoms with Crippen LogP contribution in [0.2, 0.25) is 0 Å². The Morgan fingerprint density at radius 2 is 1.50 bits per heavy atom. The highest BCUT2D eigenvalue weighted by Gasteiger charge is 2.41. The van der Waals surface area contributed by atoms with Crippen molar-refractivity contribution in [1.29, 1.82) is 0 Å². The summed E-state index contributed by atoms with van der Waals surface area (Å²) in [6.45, 7) is 0. The second kappa shape index (κ2) is 5.83. The number of hydrogen-bond donors (Lipinski definition) is 0. The molecule has 2 nitrogen and oxygen atoms in total. The van der Waals surface area contributed by atoms with Crippen LogP contribution in [-0.2, 0) is 4.74 Å². The van der Waals surface area contributed by atoms with Gasteiger partial charge < -0.3 is 4.74 Å².